The van der Waals surface area contributed by atoms with Crippen molar-refractivity contribution in [2.24, 2.45) is 5.92 Å². The third-order valence-corrected chi connectivity index (χ3v) is 4.78. The summed E-state index contributed by atoms with van der Waals surface area (Å²) in [7, 11) is 3.37. The molecule has 1 amide bonds. The molecule has 0 spiro atoms. The first-order valence-corrected chi connectivity index (χ1v) is 8.73. The van der Waals surface area contributed by atoms with E-state index in [1.807, 2.05) is 29.2 Å². The van der Waals surface area contributed by atoms with Crippen molar-refractivity contribution in [1.29, 1.82) is 0 Å². The Bertz CT molecular complexity index is 710. The Balaban J connectivity index is 1.73. The molecule has 0 N–H and O–H groups in total. The smallest absolute Gasteiger partial charge is 0.227 e. The summed E-state index contributed by atoms with van der Waals surface area (Å²) in [6.45, 7) is 3.10. The molecule has 0 saturated carbocycles. The van der Waals surface area contributed by atoms with Crippen LogP contribution in [0.25, 0.3) is 0 Å². The number of hydrogen-bond donors (Lipinski definition) is 0. The van der Waals surface area contributed by atoms with Crippen LogP contribution in [0.2, 0.25) is 0 Å². The van der Waals surface area contributed by atoms with Crippen molar-refractivity contribution in [3.63, 3.8) is 0 Å². The van der Waals surface area contributed by atoms with E-state index in [-0.39, 0.29) is 5.91 Å². The summed E-state index contributed by atoms with van der Waals surface area (Å²) in [4.78, 5) is 14.9. The topological polar surface area (TPSA) is 43.7 Å². The van der Waals surface area contributed by atoms with Crippen molar-refractivity contribution >= 4 is 5.91 Å². The third-order valence-electron chi connectivity index (χ3n) is 4.78. The number of fused-ring (bicyclic) bond motifs is 1. The molecular weight excluding hydrogens is 316 g/mol. The first-order valence-electron chi connectivity index (χ1n) is 8.73. The highest BCUT2D eigenvalue weighted by molar-refractivity contribution is 5.79. The van der Waals surface area contributed by atoms with Gasteiger partial charge in [-0.25, -0.2) is 0 Å². The highest BCUT2D eigenvalue weighted by Crippen LogP contribution is 2.21. The predicted octanol–water partition coefficient (Wildman–Crippen LogP) is 2.73. The van der Waals surface area contributed by atoms with E-state index in [9.17, 15) is 4.79 Å². The fraction of sp³-hybridized carbons (Fsp3) is 0.450. The minimum atomic E-state index is 0.158. The van der Waals surface area contributed by atoms with Crippen LogP contribution in [-0.4, -0.2) is 42.7 Å². The van der Waals surface area contributed by atoms with Gasteiger partial charge in [-0.2, -0.15) is 0 Å². The second-order valence-corrected chi connectivity index (χ2v) is 6.60. The van der Waals surface area contributed by atoms with E-state index in [0.717, 1.165) is 37.4 Å². The minimum absolute atomic E-state index is 0.158. The first kappa shape index (κ1) is 17.5. The quantitative estimate of drug-likeness (QED) is 0.811. The van der Waals surface area contributed by atoms with E-state index in [0.29, 0.717) is 18.9 Å². The lowest BCUT2D eigenvalue weighted by Gasteiger charge is -2.24. The maximum atomic E-state index is 12.9. The zero-order chi connectivity index (χ0) is 17.6. The van der Waals surface area contributed by atoms with Crippen LogP contribution in [-0.2, 0) is 29.0 Å². The molecule has 1 aromatic heterocycles. The van der Waals surface area contributed by atoms with Crippen LogP contribution in [0.1, 0.15) is 17.7 Å². The minimum Gasteiger partial charge on any atom is -0.497 e. The number of aromatic nitrogens is 1. The number of benzene rings is 1. The molecule has 1 atom stereocenters. The third kappa shape index (κ3) is 4.42. The second-order valence-electron chi connectivity index (χ2n) is 6.60. The maximum absolute atomic E-state index is 12.9. The molecule has 1 aliphatic rings. The maximum Gasteiger partial charge on any atom is 0.227 e. The molecule has 3 rings (SSSR count). The molecule has 1 unspecified atom stereocenters. The Morgan fingerprint density at radius 1 is 1.20 bits per heavy atom. The van der Waals surface area contributed by atoms with E-state index in [1.165, 1.54) is 5.69 Å². The lowest BCUT2D eigenvalue weighted by molar-refractivity contribution is -0.131. The number of rotatable bonds is 6. The van der Waals surface area contributed by atoms with Crippen LogP contribution >= 0.6 is 0 Å². The monoisotopic (exact) mass is 342 g/mol. The van der Waals surface area contributed by atoms with E-state index in [4.69, 9.17) is 9.47 Å². The molecule has 5 nitrogen and oxygen atoms in total. The molecule has 2 aromatic rings. The van der Waals surface area contributed by atoms with Gasteiger partial charge in [0.2, 0.25) is 5.91 Å². The van der Waals surface area contributed by atoms with Crippen molar-refractivity contribution in [3.8, 4) is 5.75 Å². The molecule has 134 valence electrons. The number of carbonyl (C=O) groups excluding carboxylic acids is 1. The normalized spacial score (nSPS) is 17.0. The standard InChI is InChI=1S/C20H26N2O3/c1-24-10-8-17-13-21-9-4-6-18(21)15-22(14-17)20(23)12-16-5-3-7-19(11-16)25-2/h3-7,9,11,17H,8,10,12-15H2,1-2H3. The lowest BCUT2D eigenvalue weighted by Crippen LogP contribution is -2.35. The van der Waals surface area contributed by atoms with Gasteiger partial charge in [0.25, 0.3) is 0 Å². The molecule has 1 aliphatic heterocycles. The molecule has 25 heavy (non-hydrogen) atoms. The average Bonchev–Trinajstić information content (AvgIpc) is 2.98. The number of hydrogen-bond acceptors (Lipinski definition) is 3. The summed E-state index contributed by atoms with van der Waals surface area (Å²) in [5.74, 6) is 1.35. The highest BCUT2D eigenvalue weighted by Gasteiger charge is 2.24. The van der Waals surface area contributed by atoms with Gasteiger partial charge in [0.1, 0.15) is 5.75 Å². The summed E-state index contributed by atoms with van der Waals surface area (Å²) in [6, 6.07) is 11.9. The summed E-state index contributed by atoms with van der Waals surface area (Å²) in [5, 5.41) is 0. The van der Waals surface area contributed by atoms with Gasteiger partial charge in [0, 0.05) is 38.7 Å². The van der Waals surface area contributed by atoms with Gasteiger partial charge in [-0.1, -0.05) is 12.1 Å². The van der Waals surface area contributed by atoms with Gasteiger partial charge in [-0.3, -0.25) is 4.79 Å². The lowest BCUT2D eigenvalue weighted by atomic mass is 10.0. The fourth-order valence-corrected chi connectivity index (χ4v) is 3.40. The van der Waals surface area contributed by atoms with Gasteiger partial charge in [0.15, 0.2) is 0 Å². The Hall–Kier alpha value is -2.27. The van der Waals surface area contributed by atoms with Gasteiger partial charge in [0.05, 0.1) is 20.1 Å². The molecule has 0 bridgehead atoms. The van der Waals surface area contributed by atoms with Crippen LogP contribution in [0.15, 0.2) is 42.6 Å². The van der Waals surface area contributed by atoms with Crippen LogP contribution in [0, 0.1) is 5.92 Å². The van der Waals surface area contributed by atoms with Gasteiger partial charge >= 0.3 is 0 Å². The van der Waals surface area contributed by atoms with Crippen molar-refractivity contribution in [2.75, 3.05) is 27.4 Å². The van der Waals surface area contributed by atoms with Gasteiger partial charge < -0.3 is 18.9 Å². The molecule has 2 heterocycles. The Morgan fingerprint density at radius 2 is 2.08 bits per heavy atom. The molecule has 0 fully saturated rings. The number of nitrogens with zero attached hydrogens (tertiary/aromatic N) is 2. The SMILES string of the molecule is COCCC1CN(C(=O)Cc2cccc(OC)c2)Cc2cccn2C1. The first-order chi connectivity index (χ1) is 12.2. The second kappa shape index (κ2) is 8.21. The molecular formula is C20H26N2O3. The van der Waals surface area contributed by atoms with E-state index < -0.39 is 0 Å². The zero-order valence-electron chi connectivity index (χ0n) is 15.0. The fourth-order valence-electron chi connectivity index (χ4n) is 3.40. The summed E-state index contributed by atoms with van der Waals surface area (Å²) < 4.78 is 12.8. The van der Waals surface area contributed by atoms with Gasteiger partial charge in [-0.05, 0) is 42.2 Å². The summed E-state index contributed by atoms with van der Waals surface area (Å²) >= 11 is 0. The van der Waals surface area contributed by atoms with E-state index in [1.54, 1.807) is 14.2 Å². The van der Waals surface area contributed by atoms with Crippen LogP contribution in [0.3, 0.4) is 0 Å². The van der Waals surface area contributed by atoms with E-state index >= 15 is 0 Å². The average molecular weight is 342 g/mol. The molecule has 0 radical (unpaired) electrons. The molecule has 5 heteroatoms. The van der Waals surface area contributed by atoms with Gasteiger partial charge in [-0.15, -0.1) is 0 Å². The van der Waals surface area contributed by atoms with Crippen molar-refractivity contribution in [1.82, 2.24) is 9.47 Å². The Morgan fingerprint density at radius 3 is 2.88 bits per heavy atom. The predicted molar refractivity (Wildman–Crippen MR) is 96.5 cm³/mol. The number of ether oxygens (including phenoxy) is 2. The van der Waals surface area contributed by atoms with E-state index in [2.05, 4.69) is 22.9 Å². The van der Waals surface area contributed by atoms with Crippen LogP contribution in [0.5, 0.6) is 5.75 Å². The Kier molecular flexibility index (Phi) is 5.76. The van der Waals surface area contributed by atoms with Crippen molar-refractivity contribution in [2.45, 2.75) is 25.9 Å². The van der Waals surface area contributed by atoms with Crippen molar-refractivity contribution < 1.29 is 14.3 Å². The number of amides is 1. The summed E-state index contributed by atoms with van der Waals surface area (Å²) in [5.41, 5.74) is 2.18. The zero-order valence-corrected chi connectivity index (χ0v) is 15.0. The highest BCUT2D eigenvalue weighted by atomic mass is 16.5. The summed E-state index contributed by atoms with van der Waals surface area (Å²) in [6.07, 6.45) is 3.46. The van der Waals surface area contributed by atoms with Crippen LogP contribution in [0.4, 0.5) is 0 Å². The molecule has 0 saturated heterocycles. The largest absolute Gasteiger partial charge is 0.497 e. The van der Waals surface area contributed by atoms with Crippen LogP contribution < -0.4 is 4.74 Å². The molecule has 1 aromatic carbocycles. The van der Waals surface area contributed by atoms with Crippen molar-refractivity contribution in [3.05, 3.63) is 53.9 Å². The molecule has 0 aliphatic carbocycles. The Labute approximate surface area is 149 Å². The number of methoxy groups -OCH3 is 2. The number of carbonyl (C=O) groups is 1.